The molecule has 1 fully saturated rings. The molecule has 1 N–H and O–H groups in total. The van der Waals surface area contributed by atoms with E-state index in [0.717, 1.165) is 19.5 Å². The molecule has 1 amide bonds. The van der Waals surface area contributed by atoms with E-state index in [4.69, 9.17) is 0 Å². The third kappa shape index (κ3) is 3.56. The van der Waals surface area contributed by atoms with Gasteiger partial charge in [0.15, 0.2) is 0 Å². The molecule has 0 bridgehead atoms. The third-order valence-electron chi connectivity index (χ3n) is 6.06. The number of nitrogens with one attached hydrogen (secondary N) is 1. The van der Waals surface area contributed by atoms with E-state index in [-0.39, 0.29) is 11.9 Å². The molecule has 2 aliphatic rings. The highest BCUT2D eigenvalue weighted by Gasteiger charge is 2.31. The van der Waals surface area contributed by atoms with E-state index < -0.39 is 0 Å². The number of carbonyl (C=O) groups excluding carboxylic acids is 1. The van der Waals surface area contributed by atoms with E-state index in [1.165, 1.54) is 30.5 Å². The van der Waals surface area contributed by atoms with Crippen molar-refractivity contribution in [3.63, 3.8) is 0 Å². The van der Waals surface area contributed by atoms with Crippen LogP contribution in [-0.4, -0.2) is 34.5 Å². The number of fused-ring (bicyclic) bond motifs is 1. The van der Waals surface area contributed by atoms with Gasteiger partial charge in [-0.25, -0.2) is 0 Å². The van der Waals surface area contributed by atoms with Crippen LogP contribution in [0.5, 0.6) is 0 Å². The van der Waals surface area contributed by atoms with Crippen LogP contribution in [-0.2, 0) is 11.3 Å². The van der Waals surface area contributed by atoms with Gasteiger partial charge >= 0.3 is 0 Å². The van der Waals surface area contributed by atoms with Gasteiger partial charge in [-0.15, -0.1) is 0 Å². The minimum atomic E-state index is 0.148. The van der Waals surface area contributed by atoms with E-state index in [0.29, 0.717) is 18.5 Å². The fourth-order valence-electron chi connectivity index (χ4n) is 4.59. The molecular formula is C22H29N3O. The Morgan fingerprint density at radius 3 is 2.69 bits per heavy atom. The molecule has 1 aliphatic carbocycles. The van der Waals surface area contributed by atoms with Crippen LogP contribution in [0, 0.1) is 5.92 Å². The maximum absolute atomic E-state index is 12.8. The molecule has 2 aromatic rings. The van der Waals surface area contributed by atoms with Gasteiger partial charge in [0.25, 0.3) is 0 Å². The Balaban J connectivity index is 1.50. The summed E-state index contributed by atoms with van der Waals surface area (Å²) in [7, 11) is 0. The van der Waals surface area contributed by atoms with Gasteiger partial charge in [-0.2, -0.15) is 0 Å². The van der Waals surface area contributed by atoms with Crippen LogP contribution in [0.4, 0.5) is 0 Å². The highest BCUT2D eigenvalue weighted by Crippen LogP contribution is 2.32. The molecular weight excluding hydrogens is 322 g/mol. The zero-order valence-corrected chi connectivity index (χ0v) is 15.6. The molecule has 2 heterocycles. The second kappa shape index (κ2) is 7.67. The lowest BCUT2D eigenvalue weighted by Gasteiger charge is -2.37. The topological polar surface area (TPSA) is 37.3 Å². The molecule has 1 aliphatic heterocycles. The number of hydrogen-bond donors (Lipinski definition) is 1. The second-order valence-electron chi connectivity index (χ2n) is 7.85. The molecule has 3 atom stereocenters. The SMILES string of the molecule is CC1CCCCC1NC(=O)CN1CCn2cccc2C1c1ccccc1. The summed E-state index contributed by atoms with van der Waals surface area (Å²) in [5, 5.41) is 3.32. The Morgan fingerprint density at radius 2 is 1.88 bits per heavy atom. The predicted octanol–water partition coefficient (Wildman–Crippen LogP) is 3.59. The van der Waals surface area contributed by atoms with Crippen molar-refractivity contribution in [3.05, 3.63) is 59.9 Å². The summed E-state index contributed by atoms with van der Waals surface area (Å²) in [6.07, 6.45) is 7.03. The average molecular weight is 351 g/mol. The smallest absolute Gasteiger partial charge is 0.234 e. The highest BCUT2D eigenvalue weighted by atomic mass is 16.2. The Kier molecular flexibility index (Phi) is 5.11. The van der Waals surface area contributed by atoms with Gasteiger partial charge in [-0.05, 0) is 36.5 Å². The van der Waals surface area contributed by atoms with Crippen LogP contribution in [0.15, 0.2) is 48.7 Å². The van der Waals surface area contributed by atoms with Crippen molar-refractivity contribution in [1.82, 2.24) is 14.8 Å². The van der Waals surface area contributed by atoms with E-state index in [1.807, 2.05) is 6.07 Å². The molecule has 3 unspecified atom stereocenters. The van der Waals surface area contributed by atoms with Crippen LogP contribution < -0.4 is 5.32 Å². The van der Waals surface area contributed by atoms with Gasteiger partial charge in [-0.1, -0.05) is 50.1 Å². The largest absolute Gasteiger partial charge is 0.352 e. The van der Waals surface area contributed by atoms with Crippen molar-refractivity contribution in [2.45, 2.75) is 51.2 Å². The first-order valence-electron chi connectivity index (χ1n) is 9.96. The van der Waals surface area contributed by atoms with Gasteiger partial charge in [0.05, 0.1) is 12.6 Å². The molecule has 0 saturated heterocycles. The van der Waals surface area contributed by atoms with Crippen molar-refractivity contribution in [1.29, 1.82) is 0 Å². The molecule has 4 heteroatoms. The van der Waals surface area contributed by atoms with Gasteiger partial charge < -0.3 is 9.88 Å². The number of rotatable bonds is 4. The van der Waals surface area contributed by atoms with E-state index in [2.05, 4.69) is 64.3 Å². The summed E-state index contributed by atoms with van der Waals surface area (Å²) in [6, 6.07) is 15.3. The fourth-order valence-corrected chi connectivity index (χ4v) is 4.59. The van der Waals surface area contributed by atoms with Crippen LogP contribution >= 0.6 is 0 Å². The van der Waals surface area contributed by atoms with Crippen LogP contribution in [0.3, 0.4) is 0 Å². The first-order chi connectivity index (χ1) is 12.7. The van der Waals surface area contributed by atoms with Crippen molar-refractivity contribution in [3.8, 4) is 0 Å². The van der Waals surface area contributed by atoms with Crippen LogP contribution in [0.2, 0.25) is 0 Å². The van der Waals surface area contributed by atoms with E-state index in [9.17, 15) is 4.79 Å². The molecule has 0 radical (unpaired) electrons. The predicted molar refractivity (Wildman–Crippen MR) is 104 cm³/mol. The molecule has 1 aromatic heterocycles. The number of benzene rings is 1. The van der Waals surface area contributed by atoms with Crippen LogP contribution in [0.1, 0.15) is 49.9 Å². The molecule has 26 heavy (non-hydrogen) atoms. The zero-order valence-electron chi connectivity index (χ0n) is 15.6. The summed E-state index contributed by atoms with van der Waals surface area (Å²) in [5.74, 6) is 0.765. The Morgan fingerprint density at radius 1 is 1.08 bits per heavy atom. The Bertz CT molecular complexity index is 739. The third-order valence-corrected chi connectivity index (χ3v) is 6.06. The number of carbonyl (C=O) groups is 1. The normalized spacial score (nSPS) is 26.3. The maximum atomic E-state index is 12.8. The van der Waals surface area contributed by atoms with Gasteiger partial charge in [0.1, 0.15) is 0 Å². The van der Waals surface area contributed by atoms with Crippen molar-refractivity contribution in [2.24, 2.45) is 5.92 Å². The summed E-state index contributed by atoms with van der Waals surface area (Å²) in [6.45, 7) is 4.58. The molecule has 4 rings (SSSR count). The lowest BCUT2D eigenvalue weighted by atomic mass is 9.86. The number of nitrogens with zero attached hydrogens (tertiary/aromatic N) is 2. The first-order valence-corrected chi connectivity index (χ1v) is 9.96. The standard InChI is InChI=1S/C22H29N3O/c1-17-8-5-6-11-19(17)23-21(26)16-25-15-14-24-13-7-12-20(24)22(25)18-9-3-2-4-10-18/h2-4,7,9-10,12-13,17,19,22H,5-6,8,11,14-16H2,1H3,(H,23,26). The van der Waals surface area contributed by atoms with E-state index >= 15 is 0 Å². The number of aromatic nitrogens is 1. The zero-order chi connectivity index (χ0) is 17.9. The summed E-state index contributed by atoms with van der Waals surface area (Å²) >= 11 is 0. The Hall–Kier alpha value is -2.07. The average Bonchev–Trinajstić information content (AvgIpc) is 3.13. The van der Waals surface area contributed by atoms with Crippen molar-refractivity contribution >= 4 is 5.91 Å². The van der Waals surface area contributed by atoms with Crippen molar-refractivity contribution in [2.75, 3.05) is 13.1 Å². The number of amides is 1. The highest BCUT2D eigenvalue weighted by molar-refractivity contribution is 5.78. The molecule has 138 valence electrons. The van der Waals surface area contributed by atoms with E-state index in [1.54, 1.807) is 0 Å². The minimum absolute atomic E-state index is 0.148. The first kappa shape index (κ1) is 17.3. The lowest BCUT2D eigenvalue weighted by Crippen LogP contribution is -2.48. The van der Waals surface area contributed by atoms with Gasteiger partial charge in [-0.3, -0.25) is 9.69 Å². The molecule has 0 spiro atoms. The quantitative estimate of drug-likeness (QED) is 0.914. The summed E-state index contributed by atoms with van der Waals surface area (Å²) < 4.78 is 2.31. The fraction of sp³-hybridized carbons (Fsp3) is 0.500. The van der Waals surface area contributed by atoms with Gasteiger partial charge in [0, 0.05) is 31.0 Å². The Labute approximate surface area is 156 Å². The second-order valence-corrected chi connectivity index (χ2v) is 7.85. The monoisotopic (exact) mass is 351 g/mol. The molecule has 4 nitrogen and oxygen atoms in total. The lowest BCUT2D eigenvalue weighted by molar-refractivity contribution is -0.124. The van der Waals surface area contributed by atoms with Crippen molar-refractivity contribution < 1.29 is 4.79 Å². The maximum Gasteiger partial charge on any atom is 0.234 e. The van der Waals surface area contributed by atoms with Gasteiger partial charge in [0.2, 0.25) is 5.91 Å². The summed E-state index contributed by atoms with van der Waals surface area (Å²) in [5.41, 5.74) is 2.53. The minimum Gasteiger partial charge on any atom is -0.352 e. The molecule has 1 saturated carbocycles. The molecule has 1 aromatic carbocycles. The van der Waals surface area contributed by atoms with Crippen LogP contribution in [0.25, 0.3) is 0 Å². The number of hydrogen-bond acceptors (Lipinski definition) is 2. The summed E-state index contributed by atoms with van der Waals surface area (Å²) in [4.78, 5) is 15.1.